The summed E-state index contributed by atoms with van der Waals surface area (Å²) in [6, 6.07) is 0.614. The molecule has 1 N–H and O–H groups in total. The van der Waals surface area contributed by atoms with Gasteiger partial charge in [0.15, 0.2) is 5.96 Å². The van der Waals surface area contributed by atoms with Crippen molar-refractivity contribution >= 4 is 5.96 Å². The van der Waals surface area contributed by atoms with Crippen LogP contribution < -0.4 is 5.32 Å². The van der Waals surface area contributed by atoms with Crippen LogP contribution in [0.25, 0.3) is 0 Å². The number of hydrogen-bond donors (Lipinski definition) is 1. The van der Waals surface area contributed by atoms with Gasteiger partial charge in [0.05, 0.1) is 6.54 Å². The van der Waals surface area contributed by atoms with E-state index >= 15 is 0 Å². The first kappa shape index (κ1) is 18.0. The topological polar surface area (TPSA) is 37.4 Å². The van der Waals surface area contributed by atoms with Crippen LogP contribution in [0, 0.1) is 5.92 Å². The normalized spacial score (nSPS) is 31.8. The van der Waals surface area contributed by atoms with Gasteiger partial charge in [-0.05, 0) is 12.8 Å². The number of hydrogen-bond acceptors (Lipinski definition) is 4. The standard InChI is InChI=1S/C18H36N6/c1-4-19-18(24-11-7-21(8-12-24)14-16(2)3)20-13-17-15-22-5-9-23(17)10-6-22/h16-17H,4-15H2,1-3H3,(H,19,20). The molecule has 0 radical (unpaired) electrons. The lowest BCUT2D eigenvalue weighted by molar-refractivity contribution is 0.0173. The van der Waals surface area contributed by atoms with E-state index in [0.29, 0.717) is 6.04 Å². The Morgan fingerprint density at radius 2 is 1.75 bits per heavy atom. The molecule has 0 spiro atoms. The molecule has 4 saturated heterocycles. The predicted molar refractivity (Wildman–Crippen MR) is 101 cm³/mol. The molecule has 0 amide bonds. The maximum Gasteiger partial charge on any atom is 0.194 e. The fourth-order valence-electron chi connectivity index (χ4n) is 4.17. The molecule has 4 heterocycles. The minimum Gasteiger partial charge on any atom is -0.357 e. The van der Waals surface area contributed by atoms with E-state index in [1.54, 1.807) is 0 Å². The molecule has 24 heavy (non-hydrogen) atoms. The Labute approximate surface area is 147 Å². The van der Waals surface area contributed by atoms with Crippen LogP contribution in [0.5, 0.6) is 0 Å². The molecule has 4 aliphatic heterocycles. The van der Waals surface area contributed by atoms with Gasteiger partial charge in [-0.15, -0.1) is 0 Å². The largest absolute Gasteiger partial charge is 0.357 e. The molecule has 6 heteroatoms. The smallest absolute Gasteiger partial charge is 0.194 e. The van der Waals surface area contributed by atoms with Gasteiger partial charge in [0.2, 0.25) is 0 Å². The lowest BCUT2D eigenvalue weighted by Crippen LogP contribution is -2.62. The molecular formula is C18H36N6. The van der Waals surface area contributed by atoms with Crippen LogP contribution in [0.1, 0.15) is 20.8 Å². The summed E-state index contributed by atoms with van der Waals surface area (Å²) in [5, 5.41) is 3.52. The molecular weight excluding hydrogens is 300 g/mol. The number of aliphatic imine (C=N–C) groups is 1. The summed E-state index contributed by atoms with van der Waals surface area (Å²) < 4.78 is 0. The van der Waals surface area contributed by atoms with E-state index in [9.17, 15) is 0 Å². The van der Waals surface area contributed by atoms with E-state index in [1.807, 2.05) is 0 Å². The predicted octanol–water partition coefficient (Wildman–Crippen LogP) is 0.225. The van der Waals surface area contributed by atoms with E-state index in [0.717, 1.165) is 51.1 Å². The Bertz CT molecular complexity index is 408. The van der Waals surface area contributed by atoms with Crippen LogP contribution in [0.4, 0.5) is 0 Å². The van der Waals surface area contributed by atoms with Crippen molar-refractivity contribution < 1.29 is 0 Å². The van der Waals surface area contributed by atoms with Crippen LogP contribution in [0.15, 0.2) is 4.99 Å². The summed E-state index contributed by atoms with van der Waals surface area (Å²) in [4.78, 5) is 15.3. The van der Waals surface area contributed by atoms with Gasteiger partial charge in [-0.3, -0.25) is 19.7 Å². The van der Waals surface area contributed by atoms with Crippen molar-refractivity contribution in [3.63, 3.8) is 0 Å². The van der Waals surface area contributed by atoms with Crippen molar-refractivity contribution in [3.8, 4) is 0 Å². The van der Waals surface area contributed by atoms with Crippen LogP contribution in [0.2, 0.25) is 0 Å². The van der Waals surface area contributed by atoms with Gasteiger partial charge in [0.1, 0.15) is 0 Å². The Balaban J connectivity index is 1.52. The molecule has 138 valence electrons. The molecule has 0 saturated carbocycles. The molecule has 0 aromatic heterocycles. The van der Waals surface area contributed by atoms with Crippen molar-refractivity contribution in [3.05, 3.63) is 0 Å². The van der Waals surface area contributed by atoms with E-state index in [-0.39, 0.29) is 0 Å². The second-order valence-electron chi connectivity index (χ2n) is 7.87. The SMILES string of the molecule is CCNC(=NCC1CN2CCN1CC2)N1CCN(CC(C)C)CC1. The van der Waals surface area contributed by atoms with Gasteiger partial charge in [-0.25, -0.2) is 0 Å². The van der Waals surface area contributed by atoms with E-state index in [1.165, 1.54) is 39.3 Å². The van der Waals surface area contributed by atoms with Gasteiger partial charge in [0.25, 0.3) is 0 Å². The summed E-state index contributed by atoms with van der Waals surface area (Å²) in [6.07, 6.45) is 0. The Morgan fingerprint density at radius 3 is 2.29 bits per heavy atom. The quantitative estimate of drug-likeness (QED) is 0.574. The minimum atomic E-state index is 0.614. The molecule has 0 aromatic rings. The fourth-order valence-corrected chi connectivity index (χ4v) is 4.17. The lowest BCUT2D eigenvalue weighted by atomic mass is 10.1. The molecule has 0 aliphatic carbocycles. The molecule has 4 aliphatic rings. The van der Waals surface area contributed by atoms with Crippen LogP contribution in [-0.4, -0.2) is 110 Å². The zero-order chi connectivity index (χ0) is 16.9. The fraction of sp³-hybridized carbons (Fsp3) is 0.944. The molecule has 4 rings (SSSR count). The van der Waals surface area contributed by atoms with Gasteiger partial charge in [0, 0.05) is 78.0 Å². The summed E-state index contributed by atoms with van der Waals surface area (Å²) in [5.41, 5.74) is 0. The molecule has 1 unspecified atom stereocenters. The molecule has 4 fully saturated rings. The average Bonchev–Trinajstić information content (AvgIpc) is 2.60. The third kappa shape index (κ3) is 4.61. The maximum atomic E-state index is 5.01. The first-order valence-electron chi connectivity index (χ1n) is 9.87. The van der Waals surface area contributed by atoms with E-state index in [4.69, 9.17) is 4.99 Å². The summed E-state index contributed by atoms with van der Waals surface area (Å²) in [7, 11) is 0. The van der Waals surface area contributed by atoms with Crippen molar-refractivity contribution in [1.82, 2.24) is 24.9 Å². The van der Waals surface area contributed by atoms with Gasteiger partial charge < -0.3 is 10.2 Å². The molecule has 1 atom stereocenters. The van der Waals surface area contributed by atoms with Gasteiger partial charge in [-0.1, -0.05) is 13.8 Å². The second kappa shape index (κ2) is 8.50. The summed E-state index contributed by atoms with van der Waals surface area (Å²) in [5.74, 6) is 1.88. The van der Waals surface area contributed by atoms with Gasteiger partial charge >= 0.3 is 0 Å². The number of piperazine rings is 4. The van der Waals surface area contributed by atoms with E-state index < -0.39 is 0 Å². The monoisotopic (exact) mass is 336 g/mol. The highest BCUT2D eigenvalue weighted by molar-refractivity contribution is 5.80. The first-order valence-corrected chi connectivity index (χ1v) is 9.87. The Morgan fingerprint density at radius 1 is 1.04 bits per heavy atom. The Hall–Kier alpha value is -0.850. The second-order valence-corrected chi connectivity index (χ2v) is 7.87. The zero-order valence-electron chi connectivity index (χ0n) is 15.9. The molecule has 0 aromatic carbocycles. The maximum absolute atomic E-state index is 5.01. The average molecular weight is 337 g/mol. The van der Waals surface area contributed by atoms with Gasteiger partial charge in [-0.2, -0.15) is 0 Å². The number of rotatable bonds is 5. The lowest BCUT2D eigenvalue weighted by Gasteiger charge is -2.47. The molecule has 2 bridgehead atoms. The number of fused-ring (bicyclic) bond motifs is 3. The highest BCUT2D eigenvalue weighted by atomic mass is 15.4. The van der Waals surface area contributed by atoms with E-state index in [2.05, 4.69) is 45.7 Å². The summed E-state index contributed by atoms with van der Waals surface area (Å²) >= 11 is 0. The van der Waals surface area contributed by atoms with Crippen molar-refractivity contribution in [2.45, 2.75) is 26.8 Å². The van der Waals surface area contributed by atoms with Crippen molar-refractivity contribution in [2.75, 3.05) is 78.5 Å². The number of nitrogens with one attached hydrogen (secondary N) is 1. The highest BCUT2D eigenvalue weighted by Crippen LogP contribution is 2.16. The van der Waals surface area contributed by atoms with Crippen LogP contribution >= 0.6 is 0 Å². The summed E-state index contributed by atoms with van der Waals surface area (Å²) in [6.45, 7) is 20.5. The zero-order valence-corrected chi connectivity index (χ0v) is 15.9. The first-order chi connectivity index (χ1) is 11.7. The van der Waals surface area contributed by atoms with Crippen molar-refractivity contribution in [2.24, 2.45) is 10.9 Å². The third-order valence-corrected chi connectivity index (χ3v) is 5.47. The van der Waals surface area contributed by atoms with Crippen molar-refractivity contribution in [1.29, 1.82) is 0 Å². The van der Waals surface area contributed by atoms with Crippen LogP contribution in [-0.2, 0) is 0 Å². The third-order valence-electron chi connectivity index (χ3n) is 5.47. The minimum absolute atomic E-state index is 0.614. The molecule has 6 nitrogen and oxygen atoms in total. The number of nitrogens with zero attached hydrogens (tertiary/aromatic N) is 5. The highest BCUT2D eigenvalue weighted by Gasteiger charge is 2.31. The van der Waals surface area contributed by atoms with Crippen LogP contribution in [0.3, 0.4) is 0 Å². The Kier molecular flexibility index (Phi) is 6.36. The number of guanidine groups is 1.